The van der Waals surface area contributed by atoms with E-state index in [9.17, 15) is 9.59 Å². The lowest BCUT2D eigenvalue weighted by Crippen LogP contribution is -2.51. The monoisotopic (exact) mass is 552 g/mol. The summed E-state index contributed by atoms with van der Waals surface area (Å²) >= 11 is 1.52. The van der Waals surface area contributed by atoms with E-state index >= 15 is 0 Å². The first kappa shape index (κ1) is 27.1. The summed E-state index contributed by atoms with van der Waals surface area (Å²) in [5.41, 5.74) is 0.688. The number of hydrogen-bond donors (Lipinski definition) is 1. The highest BCUT2D eigenvalue weighted by molar-refractivity contribution is 7.13. The summed E-state index contributed by atoms with van der Waals surface area (Å²) in [6.07, 6.45) is 8.95. The number of ether oxygens (including phenoxy) is 2. The van der Waals surface area contributed by atoms with Crippen molar-refractivity contribution in [2.75, 3.05) is 14.2 Å². The van der Waals surface area contributed by atoms with Crippen LogP contribution in [0.4, 0.5) is 0 Å². The zero-order chi connectivity index (χ0) is 27.2. The number of nitrogens with one attached hydrogen (secondary N) is 1. The Morgan fingerprint density at radius 2 is 1.79 bits per heavy atom. The van der Waals surface area contributed by atoms with Crippen LogP contribution in [-0.4, -0.2) is 63.2 Å². The average molecular weight is 553 g/mol. The van der Waals surface area contributed by atoms with Crippen molar-refractivity contribution in [3.8, 4) is 22.2 Å². The summed E-state index contributed by atoms with van der Waals surface area (Å²) in [5, 5.41) is 17.9. The van der Waals surface area contributed by atoms with Crippen molar-refractivity contribution in [2.24, 2.45) is 0 Å². The van der Waals surface area contributed by atoms with Gasteiger partial charge in [0.25, 0.3) is 0 Å². The molecular weight excluding hydrogens is 516 g/mol. The molecule has 0 radical (unpaired) electrons. The number of benzene rings is 1. The number of carbonyl (C=O) groups is 2. The fourth-order valence-electron chi connectivity index (χ4n) is 5.75. The van der Waals surface area contributed by atoms with E-state index < -0.39 is 6.04 Å². The Morgan fingerprint density at radius 3 is 2.49 bits per heavy atom. The molecule has 2 aliphatic carbocycles. The SMILES string of the molecule is COc1ccc([C@@H](C(=O)NC2CCCC2)N(C(=O)Cn2nnc(-c3cccs3)n2)C2CCCCC2)cc1OC. The van der Waals surface area contributed by atoms with Crippen LogP contribution in [0.3, 0.4) is 0 Å². The number of thiophene rings is 1. The maximum atomic E-state index is 14.1. The topological polar surface area (TPSA) is 111 Å². The van der Waals surface area contributed by atoms with E-state index in [0.717, 1.165) is 62.7 Å². The summed E-state index contributed by atoms with van der Waals surface area (Å²) in [6, 6.07) is 8.53. The lowest BCUT2D eigenvalue weighted by atomic mass is 9.91. The highest BCUT2D eigenvalue weighted by Gasteiger charge is 2.38. The summed E-state index contributed by atoms with van der Waals surface area (Å²) in [5.74, 6) is 1.19. The Balaban J connectivity index is 1.50. The Morgan fingerprint density at radius 1 is 1.05 bits per heavy atom. The summed E-state index contributed by atoms with van der Waals surface area (Å²) in [4.78, 5) is 32.1. The fourth-order valence-corrected chi connectivity index (χ4v) is 6.39. The molecule has 0 saturated heterocycles. The molecule has 0 bridgehead atoms. The number of hydrogen-bond acceptors (Lipinski definition) is 8. The van der Waals surface area contributed by atoms with E-state index in [1.165, 1.54) is 16.1 Å². The molecule has 1 N–H and O–H groups in total. The summed E-state index contributed by atoms with van der Waals surface area (Å²) < 4.78 is 11.0. The molecule has 0 spiro atoms. The molecule has 5 rings (SSSR count). The molecule has 39 heavy (non-hydrogen) atoms. The summed E-state index contributed by atoms with van der Waals surface area (Å²) in [7, 11) is 3.15. The van der Waals surface area contributed by atoms with Crippen LogP contribution in [0, 0.1) is 0 Å². The van der Waals surface area contributed by atoms with E-state index in [4.69, 9.17) is 9.47 Å². The van der Waals surface area contributed by atoms with Crippen molar-refractivity contribution in [3.05, 3.63) is 41.3 Å². The van der Waals surface area contributed by atoms with Gasteiger partial charge in [0.2, 0.25) is 17.6 Å². The second kappa shape index (κ2) is 12.6. The van der Waals surface area contributed by atoms with Crippen LogP contribution in [0.25, 0.3) is 10.7 Å². The minimum Gasteiger partial charge on any atom is -0.493 e. The molecule has 2 aromatic heterocycles. The summed E-state index contributed by atoms with van der Waals surface area (Å²) in [6.45, 7) is -0.102. The molecule has 2 heterocycles. The van der Waals surface area contributed by atoms with Crippen LogP contribution in [-0.2, 0) is 16.1 Å². The van der Waals surface area contributed by atoms with Crippen LogP contribution in [0.2, 0.25) is 0 Å². The fraction of sp³-hybridized carbons (Fsp3) is 0.536. The van der Waals surface area contributed by atoms with Crippen LogP contribution in [0.5, 0.6) is 11.5 Å². The van der Waals surface area contributed by atoms with Crippen molar-refractivity contribution < 1.29 is 19.1 Å². The quantitative estimate of drug-likeness (QED) is 0.397. The zero-order valence-corrected chi connectivity index (χ0v) is 23.4. The largest absolute Gasteiger partial charge is 0.493 e. The number of amides is 2. The third kappa shape index (κ3) is 6.24. The third-order valence-corrected chi connectivity index (χ3v) is 8.54. The smallest absolute Gasteiger partial charge is 0.247 e. The molecule has 2 amide bonds. The van der Waals surface area contributed by atoms with Crippen LogP contribution in [0.1, 0.15) is 69.4 Å². The number of tetrazole rings is 1. The van der Waals surface area contributed by atoms with E-state index in [1.807, 2.05) is 29.6 Å². The van der Waals surface area contributed by atoms with Gasteiger partial charge in [-0.1, -0.05) is 44.2 Å². The molecule has 11 heteroatoms. The predicted molar refractivity (Wildman–Crippen MR) is 148 cm³/mol. The maximum Gasteiger partial charge on any atom is 0.247 e. The molecule has 2 aliphatic rings. The minimum absolute atomic E-state index is 0.0704. The van der Waals surface area contributed by atoms with Crippen LogP contribution < -0.4 is 14.8 Å². The second-order valence-corrected chi connectivity index (χ2v) is 11.2. The minimum atomic E-state index is -0.818. The molecule has 208 valence electrons. The molecule has 1 atom stereocenters. The standard InChI is InChI=1S/C28H36N6O4S/c1-37-22-15-14-19(17-23(22)38-2)26(28(36)29-20-9-6-7-10-20)34(21-11-4-3-5-12-21)25(35)18-33-31-27(30-32-33)24-13-8-16-39-24/h8,13-17,20-21,26H,3-7,9-12,18H2,1-2H3,(H,29,36)/t26-/m0/s1. The lowest BCUT2D eigenvalue weighted by molar-refractivity contribution is -0.145. The van der Waals surface area contributed by atoms with Gasteiger partial charge in [0.05, 0.1) is 19.1 Å². The van der Waals surface area contributed by atoms with Crippen LogP contribution in [0.15, 0.2) is 35.7 Å². The number of carbonyl (C=O) groups excluding carboxylic acids is 2. The van der Waals surface area contributed by atoms with Gasteiger partial charge in [-0.2, -0.15) is 4.80 Å². The molecular formula is C28H36N6O4S. The predicted octanol–water partition coefficient (Wildman–Crippen LogP) is 4.38. The van der Waals surface area contributed by atoms with E-state index in [1.54, 1.807) is 25.2 Å². The Bertz CT molecular complexity index is 1250. The number of aromatic nitrogens is 4. The van der Waals surface area contributed by atoms with E-state index in [2.05, 4.69) is 20.7 Å². The average Bonchev–Trinajstić information content (AvgIpc) is 3.75. The van der Waals surface area contributed by atoms with Gasteiger partial charge in [-0.25, -0.2) is 0 Å². The van der Waals surface area contributed by atoms with Gasteiger partial charge in [0.1, 0.15) is 12.6 Å². The highest BCUT2D eigenvalue weighted by Crippen LogP contribution is 2.36. The molecule has 10 nitrogen and oxygen atoms in total. The zero-order valence-electron chi connectivity index (χ0n) is 22.5. The first-order chi connectivity index (χ1) is 19.1. The Kier molecular flexibility index (Phi) is 8.75. The number of nitrogens with zero attached hydrogens (tertiary/aromatic N) is 5. The van der Waals surface area contributed by atoms with E-state index in [-0.39, 0.29) is 30.4 Å². The maximum absolute atomic E-state index is 14.1. The normalized spacial score (nSPS) is 17.1. The molecule has 1 aromatic carbocycles. The van der Waals surface area contributed by atoms with Crippen molar-refractivity contribution in [1.29, 1.82) is 0 Å². The van der Waals surface area contributed by atoms with Crippen molar-refractivity contribution >= 4 is 23.2 Å². The van der Waals surface area contributed by atoms with Crippen molar-refractivity contribution in [1.82, 2.24) is 30.4 Å². The Labute approximate surface area is 232 Å². The van der Waals surface area contributed by atoms with Crippen molar-refractivity contribution in [3.63, 3.8) is 0 Å². The number of methoxy groups -OCH3 is 2. The first-order valence-corrected chi connectivity index (χ1v) is 14.6. The molecule has 2 saturated carbocycles. The van der Waals surface area contributed by atoms with Crippen LogP contribution >= 0.6 is 11.3 Å². The van der Waals surface area contributed by atoms with Gasteiger partial charge >= 0.3 is 0 Å². The van der Waals surface area contributed by atoms with Gasteiger partial charge in [-0.3, -0.25) is 9.59 Å². The van der Waals surface area contributed by atoms with Gasteiger partial charge in [-0.05, 0) is 60.0 Å². The molecule has 2 fully saturated rings. The second-order valence-electron chi connectivity index (χ2n) is 10.2. The van der Waals surface area contributed by atoms with Gasteiger partial charge in [0, 0.05) is 12.1 Å². The Hall–Kier alpha value is -3.47. The third-order valence-electron chi connectivity index (χ3n) is 7.68. The highest BCUT2D eigenvalue weighted by atomic mass is 32.1. The molecule has 0 aliphatic heterocycles. The first-order valence-electron chi connectivity index (χ1n) is 13.7. The molecule has 3 aromatic rings. The molecule has 0 unspecified atom stereocenters. The lowest BCUT2D eigenvalue weighted by Gasteiger charge is -2.40. The van der Waals surface area contributed by atoms with Crippen molar-refractivity contribution in [2.45, 2.75) is 82.5 Å². The van der Waals surface area contributed by atoms with Gasteiger partial charge in [0.15, 0.2) is 11.5 Å². The van der Waals surface area contributed by atoms with E-state index in [0.29, 0.717) is 22.9 Å². The van der Waals surface area contributed by atoms with Gasteiger partial charge in [-0.15, -0.1) is 21.5 Å². The van der Waals surface area contributed by atoms with Gasteiger partial charge < -0.3 is 19.7 Å². The number of rotatable bonds is 10.